The van der Waals surface area contributed by atoms with Gasteiger partial charge in [0.1, 0.15) is 5.82 Å². The van der Waals surface area contributed by atoms with Gasteiger partial charge >= 0.3 is 12.0 Å². The molecule has 1 aliphatic heterocycles. The first kappa shape index (κ1) is 21.7. The molecule has 4 aromatic rings. The Bertz CT molecular complexity index is 1360. The number of carbonyl (C=O) groups excluding carboxylic acids is 2. The number of hydrogen-bond acceptors (Lipinski definition) is 3. The quantitative estimate of drug-likeness (QED) is 0.388. The van der Waals surface area contributed by atoms with E-state index in [0.29, 0.717) is 24.2 Å². The molecule has 2 N–H and O–H groups in total. The number of hydrogen-bond donors (Lipinski definition) is 2. The number of ether oxygens (including phenoxy) is 1. The minimum atomic E-state index is -0.495. The standard InChI is InChI=1S/C27H24FN3O3/c1-2-34-26(32)21-8-4-6-10-23(21)30-27(33)31-16-15-20-19-7-3-5-9-22(19)29-24(20)25(31)17-11-13-18(28)14-12-17/h3-14,25,29H,2,15-16H2,1H3,(H,30,33)/t25-/m1/s1. The molecule has 0 spiro atoms. The Balaban J connectivity index is 1.54. The summed E-state index contributed by atoms with van der Waals surface area (Å²) in [6.07, 6.45) is 0.671. The Morgan fingerprint density at radius 2 is 1.79 bits per heavy atom. The number of nitrogens with zero attached hydrogens (tertiary/aromatic N) is 1. The van der Waals surface area contributed by atoms with Crippen LogP contribution in [0.25, 0.3) is 10.9 Å². The summed E-state index contributed by atoms with van der Waals surface area (Å²) in [6.45, 7) is 2.44. The molecule has 2 amide bonds. The minimum Gasteiger partial charge on any atom is -0.462 e. The minimum absolute atomic E-state index is 0.239. The van der Waals surface area contributed by atoms with E-state index in [9.17, 15) is 14.0 Å². The van der Waals surface area contributed by atoms with Crippen LogP contribution in [0.15, 0.2) is 72.8 Å². The smallest absolute Gasteiger partial charge is 0.340 e. The number of esters is 1. The van der Waals surface area contributed by atoms with E-state index in [4.69, 9.17) is 4.74 Å². The van der Waals surface area contributed by atoms with Crippen molar-refractivity contribution in [2.45, 2.75) is 19.4 Å². The Hall–Kier alpha value is -4.13. The maximum Gasteiger partial charge on any atom is 0.340 e. The number of fused-ring (bicyclic) bond motifs is 3. The Kier molecular flexibility index (Phi) is 5.76. The predicted octanol–water partition coefficient (Wildman–Crippen LogP) is 5.66. The number of aromatic nitrogens is 1. The van der Waals surface area contributed by atoms with Crippen molar-refractivity contribution in [3.05, 3.63) is 101 Å². The average molecular weight is 458 g/mol. The molecule has 0 saturated carbocycles. The molecule has 0 unspecified atom stereocenters. The van der Waals surface area contributed by atoms with Gasteiger partial charge in [0.05, 0.1) is 23.9 Å². The zero-order chi connectivity index (χ0) is 23.7. The van der Waals surface area contributed by atoms with Crippen LogP contribution in [-0.2, 0) is 11.2 Å². The summed E-state index contributed by atoms with van der Waals surface area (Å²) >= 11 is 0. The van der Waals surface area contributed by atoms with Crippen LogP contribution >= 0.6 is 0 Å². The zero-order valence-corrected chi connectivity index (χ0v) is 18.7. The van der Waals surface area contributed by atoms with Gasteiger partial charge in [-0.05, 0) is 54.8 Å². The third-order valence-electron chi connectivity index (χ3n) is 6.15. The number of rotatable bonds is 4. The number of amides is 2. The van der Waals surface area contributed by atoms with E-state index in [0.717, 1.165) is 27.7 Å². The Morgan fingerprint density at radius 3 is 2.59 bits per heavy atom. The first-order chi connectivity index (χ1) is 16.6. The molecule has 1 aromatic heterocycles. The lowest BCUT2D eigenvalue weighted by molar-refractivity contribution is 0.0527. The van der Waals surface area contributed by atoms with Crippen molar-refractivity contribution in [3.8, 4) is 0 Å². The molecule has 1 aliphatic rings. The van der Waals surface area contributed by atoms with Gasteiger partial charge in [0.15, 0.2) is 0 Å². The third kappa shape index (κ3) is 3.90. The lowest BCUT2D eigenvalue weighted by Gasteiger charge is -2.36. The highest BCUT2D eigenvalue weighted by molar-refractivity contribution is 6.01. The Morgan fingerprint density at radius 1 is 1.06 bits per heavy atom. The van der Waals surface area contributed by atoms with Gasteiger partial charge in [0.25, 0.3) is 0 Å². The highest BCUT2D eigenvalue weighted by atomic mass is 19.1. The van der Waals surface area contributed by atoms with E-state index in [-0.39, 0.29) is 18.5 Å². The lowest BCUT2D eigenvalue weighted by atomic mass is 9.92. The van der Waals surface area contributed by atoms with Gasteiger partial charge < -0.3 is 19.9 Å². The molecule has 34 heavy (non-hydrogen) atoms. The van der Waals surface area contributed by atoms with Crippen molar-refractivity contribution < 1.29 is 18.7 Å². The van der Waals surface area contributed by atoms with Gasteiger partial charge in [-0.25, -0.2) is 14.0 Å². The van der Waals surface area contributed by atoms with Crippen molar-refractivity contribution in [1.29, 1.82) is 0 Å². The monoisotopic (exact) mass is 457 g/mol. The van der Waals surface area contributed by atoms with E-state index in [1.54, 1.807) is 48.2 Å². The number of carbonyl (C=O) groups is 2. The van der Waals surface area contributed by atoms with E-state index >= 15 is 0 Å². The first-order valence-electron chi connectivity index (χ1n) is 11.3. The molecule has 0 radical (unpaired) electrons. The second-order valence-electron chi connectivity index (χ2n) is 8.16. The molecule has 0 bridgehead atoms. The van der Waals surface area contributed by atoms with Crippen LogP contribution in [0, 0.1) is 5.82 Å². The van der Waals surface area contributed by atoms with E-state index < -0.39 is 12.0 Å². The highest BCUT2D eigenvalue weighted by Gasteiger charge is 2.35. The molecule has 172 valence electrons. The van der Waals surface area contributed by atoms with Crippen LogP contribution < -0.4 is 5.32 Å². The van der Waals surface area contributed by atoms with Gasteiger partial charge in [0.2, 0.25) is 0 Å². The summed E-state index contributed by atoms with van der Waals surface area (Å²) in [7, 11) is 0. The normalized spacial score (nSPS) is 15.1. The van der Waals surface area contributed by atoms with Crippen molar-refractivity contribution in [3.63, 3.8) is 0 Å². The topological polar surface area (TPSA) is 74.4 Å². The molecular weight excluding hydrogens is 433 g/mol. The van der Waals surface area contributed by atoms with Gasteiger partial charge in [0, 0.05) is 23.1 Å². The van der Waals surface area contributed by atoms with Crippen molar-refractivity contribution in [1.82, 2.24) is 9.88 Å². The molecule has 0 saturated heterocycles. The summed E-state index contributed by atoms with van der Waals surface area (Å²) in [4.78, 5) is 31.1. The van der Waals surface area contributed by atoms with Crippen LogP contribution in [0.4, 0.5) is 14.9 Å². The summed E-state index contributed by atoms with van der Waals surface area (Å²) in [6, 6.07) is 20.2. The number of nitrogens with one attached hydrogen (secondary N) is 2. The number of anilines is 1. The number of aromatic amines is 1. The van der Waals surface area contributed by atoms with E-state index in [1.807, 2.05) is 18.2 Å². The molecule has 3 aromatic carbocycles. The maximum absolute atomic E-state index is 13.7. The van der Waals surface area contributed by atoms with Crippen LogP contribution in [0.2, 0.25) is 0 Å². The molecule has 0 aliphatic carbocycles. The van der Waals surface area contributed by atoms with Gasteiger partial charge in [-0.3, -0.25) is 0 Å². The highest BCUT2D eigenvalue weighted by Crippen LogP contribution is 2.38. The summed E-state index contributed by atoms with van der Waals surface area (Å²) in [5.74, 6) is -0.833. The predicted molar refractivity (Wildman–Crippen MR) is 128 cm³/mol. The molecule has 0 fully saturated rings. The van der Waals surface area contributed by atoms with E-state index in [1.165, 1.54) is 12.1 Å². The fourth-order valence-corrected chi connectivity index (χ4v) is 4.62. The number of para-hydroxylation sites is 2. The third-order valence-corrected chi connectivity index (χ3v) is 6.15. The number of benzene rings is 3. The van der Waals surface area contributed by atoms with Crippen molar-refractivity contribution in [2.24, 2.45) is 0 Å². The van der Waals surface area contributed by atoms with Crippen LogP contribution in [0.3, 0.4) is 0 Å². The summed E-state index contributed by atoms with van der Waals surface area (Å²) in [5, 5.41) is 4.02. The van der Waals surface area contributed by atoms with Gasteiger partial charge in [-0.15, -0.1) is 0 Å². The van der Waals surface area contributed by atoms with Crippen LogP contribution in [0.1, 0.15) is 40.1 Å². The Labute approximate surface area is 196 Å². The number of halogens is 1. The fraction of sp³-hybridized carbons (Fsp3) is 0.185. The summed E-state index contributed by atoms with van der Waals surface area (Å²) < 4.78 is 18.8. The first-order valence-corrected chi connectivity index (χ1v) is 11.3. The van der Waals surface area contributed by atoms with Crippen LogP contribution in [0.5, 0.6) is 0 Å². The molecule has 1 atom stereocenters. The van der Waals surface area contributed by atoms with E-state index in [2.05, 4.69) is 16.4 Å². The molecule has 2 heterocycles. The molecule has 5 rings (SSSR count). The number of urea groups is 1. The molecular formula is C27H24FN3O3. The zero-order valence-electron chi connectivity index (χ0n) is 18.7. The SMILES string of the molecule is CCOC(=O)c1ccccc1NC(=O)N1CCc2c([nH]c3ccccc23)[C@H]1c1ccc(F)cc1. The lowest BCUT2D eigenvalue weighted by Crippen LogP contribution is -2.43. The molecule has 6 nitrogen and oxygen atoms in total. The van der Waals surface area contributed by atoms with Crippen molar-refractivity contribution in [2.75, 3.05) is 18.5 Å². The fourth-order valence-electron chi connectivity index (χ4n) is 4.62. The van der Waals surface area contributed by atoms with Crippen molar-refractivity contribution >= 4 is 28.6 Å². The largest absolute Gasteiger partial charge is 0.462 e. The molecule has 7 heteroatoms. The average Bonchev–Trinajstić information content (AvgIpc) is 3.23. The second kappa shape index (κ2) is 9.02. The summed E-state index contributed by atoms with van der Waals surface area (Å²) in [5.41, 5.74) is 4.52. The van der Waals surface area contributed by atoms with Gasteiger partial charge in [-0.1, -0.05) is 42.5 Å². The second-order valence-corrected chi connectivity index (χ2v) is 8.16. The van der Waals surface area contributed by atoms with Crippen LogP contribution in [-0.4, -0.2) is 35.0 Å². The maximum atomic E-state index is 13.7. The number of H-pyrrole nitrogens is 1. The van der Waals surface area contributed by atoms with Gasteiger partial charge in [-0.2, -0.15) is 0 Å².